The summed E-state index contributed by atoms with van der Waals surface area (Å²) in [6.45, 7) is 10.1. The molecule has 270 valence electrons. The van der Waals surface area contributed by atoms with Gasteiger partial charge in [-0.2, -0.15) is 0 Å². The van der Waals surface area contributed by atoms with E-state index in [4.69, 9.17) is 14.2 Å². The maximum Gasteiger partial charge on any atom is 0.410 e. The maximum atomic E-state index is 14.1. The molecule has 3 N–H and O–H groups in total. The quantitative estimate of drug-likeness (QED) is 0.226. The number of amides is 2. The Labute approximate surface area is 296 Å². The van der Waals surface area contributed by atoms with Crippen molar-refractivity contribution in [2.75, 3.05) is 46.5 Å². The molecule has 10 heteroatoms. The third kappa shape index (κ3) is 10.5. The molecule has 1 heterocycles. The number of carbonyl (C=O) groups excluding carboxylic acids is 2. The average molecular weight is 688 g/mol. The summed E-state index contributed by atoms with van der Waals surface area (Å²) in [6, 6.07) is 23.9. The molecule has 0 spiro atoms. The topological polar surface area (TPSA) is 121 Å². The predicted molar refractivity (Wildman–Crippen MR) is 192 cm³/mol. The molecule has 2 amide bonds. The van der Waals surface area contributed by atoms with Crippen molar-refractivity contribution in [1.29, 1.82) is 0 Å². The third-order valence-corrected chi connectivity index (χ3v) is 9.49. The molecule has 3 aromatic rings. The van der Waals surface area contributed by atoms with E-state index in [1.807, 2.05) is 78.9 Å². The fourth-order valence-corrected chi connectivity index (χ4v) is 6.73. The third-order valence-electron chi connectivity index (χ3n) is 9.49. The van der Waals surface area contributed by atoms with Crippen molar-refractivity contribution in [1.82, 2.24) is 15.1 Å². The van der Waals surface area contributed by atoms with Crippen LogP contribution in [-0.4, -0.2) is 102 Å². The number of ether oxygens (including phenoxy) is 3. The smallest absolute Gasteiger partial charge is 0.410 e. The van der Waals surface area contributed by atoms with Crippen molar-refractivity contribution in [3.63, 3.8) is 0 Å². The number of hydrogen-bond acceptors (Lipinski definition) is 8. The Morgan fingerprint density at radius 1 is 0.960 bits per heavy atom. The van der Waals surface area contributed by atoms with Crippen molar-refractivity contribution in [3.8, 4) is 5.75 Å². The second-order valence-electron chi connectivity index (χ2n) is 14.5. The minimum absolute atomic E-state index is 0.0821. The summed E-state index contributed by atoms with van der Waals surface area (Å²) < 4.78 is 17.1. The molecule has 3 aromatic carbocycles. The summed E-state index contributed by atoms with van der Waals surface area (Å²) in [6.07, 6.45) is -1.10. The minimum atomic E-state index is -1.06. The molecular formula is C40H53N3O7. The molecule has 1 aliphatic carbocycles. The highest BCUT2D eigenvalue weighted by Crippen LogP contribution is 2.32. The van der Waals surface area contributed by atoms with E-state index in [0.29, 0.717) is 25.9 Å². The van der Waals surface area contributed by atoms with Gasteiger partial charge in [0.1, 0.15) is 18.0 Å². The molecule has 50 heavy (non-hydrogen) atoms. The Morgan fingerprint density at radius 3 is 2.32 bits per heavy atom. The van der Waals surface area contributed by atoms with Crippen LogP contribution in [-0.2, 0) is 33.5 Å². The highest BCUT2D eigenvalue weighted by atomic mass is 16.6. The number of aliphatic hydroxyl groups excluding tert-OH is 2. The Morgan fingerprint density at radius 2 is 1.62 bits per heavy atom. The zero-order valence-corrected chi connectivity index (χ0v) is 29.8. The van der Waals surface area contributed by atoms with Crippen LogP contribution in [0.3, 0.4) is 0 Å². The standard InChI is InChI=1S/C40H53N3O7/c1-40(2,3)50-39(47)42(4)34(25-28-10-6-5-7-11-28)35(44)27-31(38(46)41-37-33-13-9-8-12-30(33)26-36(37)45)24-29-14-16-32(17-15-29)49-23-20-43-18-21-48-22-19-43/h5-17,31,34-37,44-45H,18-27H2,1-4H3,(H,41,46). The summed E-state index contributed by atoms with van der Waals surface area (Å²) in [5.74, 6) is -0.187. The summed E-state index contributed by atoms with van der Waals surface area (Å²) in [4.78, 5) is 31.2. The normalized spacial score (nSPS) is 19.6. The minimum Gasteiger partial charge on any atom is -0.492 e. The van der Waals surface area contributed by atoms with Gasteiger partial charge in [0, 0.05) is 39.0 Å². The molecule has 1 aliphatic heterocycles. The van der Waals surface area contributed by atoms with E-state index in [-0.39, 0.29) is 12.3 Å². The van der Waals surface area contributed by atoms with Crippen LogP contribution in [0, 0.1) is 5.92 Å². The van der Waals surface area contributed by atoms with E-state index in [2.05, 4.69) is 10.2 Å². The second-order valence-corrected chi connectivity index (χ2v) is 14.5. The molecule has 0 saturated carbocycles. The monoisotopic (exact) mass is 687 g/mol. The number of nitrogens with zero attached hydrogens (tertiary/aromatic N) is 2. The predicted octanol–water partition coefficient (Wildman–Crippen LogP) is 4.56. The molecule has 1 saturated heterocycles. The van der Waals surface area contributed by atoms with E-state index < -0.39 is 41.9 Å². The molecule has 10 nitrogen and oxygen atoms in total. The lowest BCUT2D eigenvalue weighted by molar-refractivity contribution is -0.128. The number of aliphatic hydroxyl groups is 2. The van der Waals surface area contributed by atoms with Crippen molar-refractivity contribution in [2.45, 2.75) is 76.3 Å². The largest absolute Gasteiger partial charge is 0.492 e. The number of morpholine rings is 1. The van der Waals surface area contributed by atoms with E-state index in [9.17, 15) is 19.8 Å². The van der Waals surface area contributed by atoms with E-state index in [0.717, 1.165) is 60.9 Å². The first-order chi connectivity index (χ1) is 24.0. The SMILES string of the molecule is CN(C(=O)OC(C)(C)C)C(Cc1ccccc1)C(O)CC(Cc1ccc(OCCN2CCOCC2)cc1)C(=O)NC1c2ccccc2CC1O. The molecular weight excluding hydrogens is 634 g/mol. The van der Waals surface area contributed by atoms with Gasteiger partial charge in [-0.15, -0.1) is 0 Å². The molecule has 0 bridgehead atoms. The van der Waals surface area contributed by atoms with Gasteiger partial charge in [0.2, 0.25) is 5.91 Å². The summed E-state index contributed by atoms with van der Waals surface area (Å²) >= 11 is 0. The Kier molecular flexibility index (Phi) is 12.9. The number of hydrogen-bond donors (Lipinski definition) is 3. The first-order valence-corrected chi connectivity index (χ1v) is 17.7. The van der Waals surface area contributed by atoms with Gasteiger partial charge in [-0.25, -0.2) is 4.79 Å². The fourth-order valence-electron chi connectivity index (χ4n) is 6.73. The lowest BCUT2D eigenvalue weighted by Crippen LogP contribution is -2.49. The highest BCUT2D eigenvalue weighted by molar-refractivity contribution is 5.80. The van der Waals surface area contributed by atoms with Crippen molar-refractivity contribution in [2.24, 2.45) is 5.92 Å². The van der Waals surface area contributed by atoms with Gasteiger partial charge in [0.15, 0.2) is 0 Å². The van der Waals surface area contributed by atoms with Gasteiger partial charge in [-0.3, -0.25) is 9.69 Å². The van der Waals surface area contributed by atoms with E-state index >= 15 is 0 Å². The van der Waals surface area contributed by atoms with Crippen LogP contribution >= 0.6 is 0 Å². The number of rotatable bonds is 14. The van der Waals surface area contributed by atoms with Crippen LogP contribution in [0.4, 0.5) is 4.79 Å². The van der Waals surface area contributed by atoms with Crippen molar-refractivity contribution < 1.29 is 34.0 Å². The van der Waals surface area contributed by atoms with Gasteiger partial charge in [0.05, 0.1) is 37.5 Å². The fraction of sp³-hybridized carbons (Fsp3) is 0.500. The molecule has 0 aromatic heterocycles. The lowest BCUT2D eigenvalue weighted by Gasteiger charge is -2.35. The van der Waals surface area contributed by atoms with Crippen LogP contribution in [0.2, 0.25) is 0 Å². The van der Waals surface area contributed by atoms with Crippen LogP contribution in [0.15, 0.2) is 78.9 Å². The van der Waals surface area contributed by atoms with Gasteiger partial charge < -0.3 is 34.6 Å². The Balaban J connectivity index is 1.33. The number of fused-ring (bicyclic) bond motifs is 1. The van der Waals surface area contributed by atoms with Crippen LogP contribution < -0.4 is 10.1 Å². The highest BCUT2D eigenvalue weighted by Gasteiger charge is 2.37. The maximum absolute atomic E-state index is 14.1. The van der Waals surface area contributed by atoms with Crippen molar-refractivity contribution >= 4 is 12.0 Å². The molecule has 5 unspecified atom stereocenters. The van der Waals surface area contributed by atoms with E-state index in [1.54, 1.807) is 27.8 Å². The average Bonchev–Trinajstić information content (AvgIpc) is 3.41. The van der Waals surface area contributed by atoms with Gasteiger partial charge >= 0.3 is 6.09 Å². The molecule has 5 atom stereocenters. The van der Waals surface area contributed by atoms with Gasteiger partial charge in [0.25, 0.3) is 0 Å². The first kappa shape index (κ1) is 37.3. The van der Waals surface area contributed by atoms with Crippen LogP contribution in [0.5, 0.6) is 5.75 Å². The zero-order chi connectivity index (χ0) is 35.7. The van der Waals surface area contributed by atoms with E-state index in [1.165, 1.54) is 4.90 Å². The van der Waals surface area contributed by atoms with Crippen LogP contribution in [0.1, 0.15) is 55.5 Å². The van der Waals surface area contributed by atoms with Gasteiger partial charge in [-0.05, 0) is 74.4 Å². The Hall–Kier alpha value is -3.96. The Bertz CT molecular complexity index is 1520. The lowest BCUT2D eigenvalue weighted by atomic mass is 9.88. The summed E-state index contributed by atoms with van der Waals surface area (Å²) in [5, 5.41) is 25.9. The molecule has 0 radical (unpaired) electrons. The molecule has 5 rings (SSSR count). The summed E-state index contributed by atoms with van der Waals surface area (Å²) in [7, 11) is 1.63. The van der Waals surface area contributed by atoms with Gasteiger partial charge in [-0.1, -0.05) is 66.7 Å². The number of nitrogens with one attached hydrogen (secondary N) is 1. The molecule has 2 aliphatic rings. The van der Waals surface area contributed by atoms with Crippen LogP contribution in [0.25, 0.3) is 0 Å². The number of benzene rings is 3. The van der Waals surface area contributed by atoms with Crippen molar-refractivity contribution in [3.05, 3.63) is 101 Å². The number of carbonyl (C=O) groups is 2. The number of likely N-dealkylation sites (N-methyl/N-ethyl adjacent to an activating group) is 1. The zero-order valence-electron chi connectivity index (χ0n) is 29.8. The molecule has 1 fully saturated rings. The second kappa shape index (κ2) is 17.3. The summed E-state index contributed by atoms with van der Waals surface area (Å²) in [5.41, 5.74) is 3.05. The first-order valence-electron chi connectivity index (χ1n) is 17.7.